The fourth-order valence-electron chi connectivity index (χ4n) is 2.62. The largest absolute Gasteiger partial charge is 0.490 e. The predicted octanol–water partition coefficient (Wildman–Crippen LogP) is 1.19. The Morgan fingerprint density at radius 3 is 2.96 bits per heavy atom. The van der Waals surface area contributed by atoms with Crippen LogP contribution in [0.15, 0.2) is 18.2 Å². The van der Waals surface area contributed by atoms with E-state index >= 15 is 0 Å². The zero-order chi connectivity index (χ0) is 17.3. The fraction of sp³-hybridized carbons (Fsp3) is 0.312. The molecule has 0 unspecified atom stereocenters. The number of rotatable bonds is 3. The summed E-state index contributed by atoms with van der Waals surface area (Å²) in [5, 5.41) is 13.3. The lowest BCUT2D eigenvalue weighted by Crippen LogP contribution is -2.32. The summed E-state index contributed by atoms with van der Waals surface area (Å²) < 4.78 is 7.09. The number of carbonyl (C=O) groups excluding carboxylic acids is 1. The summed E-state index contributed by atoms with van der Waals surface area (Å²) in [5.74, 6) is 0.906. The number of anilines is 2. The van der Waals surface area contributed by atoms with Crippen molar-refractivity contribution >= 4 is 17.4 Å². The van der Waals surface area contributed by atoms with E-state index in [-0.39, 0.29) is 5.91 Å². The summed E-state index contributed by atoms with van der Waals surface area (Å²) in [4.78, 5) is 14.4. The second kappa shape index (κ2) is 6.12. The van der Waals surface area contributed by atoms with Gasteiger partial charge in [0.1, 0.15) is 24.0 Å². The summed E-state index contributed by atoms with van der Waals surface area (Å²) in [7, 11) is 3.66. The minimum absolute atomic E-state index is 0.306. The van der Waals surface area contributed by atoms with Crippen LogP contribution in [0.2, 0.25) is 0 Å². The molecule has 124 valence electrons. The molecule has 1 amide bonds. The van der Waals surface area contributed by atoms with Gasteiger partial charge in [0.15, 0.2) is 5.82 Å². The predicted molar refractivity (Wildman–Crippen MR) is 89.0 cm³/mol. The van der Waals surface area contributed by atoms with Crippen LogP contribution < -0.4 is 20.5 Å². The second-order valence-electron chi connectivity index (χ2n) is 5.58. The molecule has 0 saturated carbocycles. The zero-order valence-electron chi connectivity index (χ0n) is 13.8. The number of nitrogens with one attached hydrogen (secondary N) is 2. The SMILES string of the molecule is Cc1nn(C)c(NNC(=O)c2ccc3c(c2)N(C)CCO3)c1C#N. The Hall–Kier alpha value is -3.21. The van der Waals surface area contributed by atoms with Crippen LogP contribution in [0.3, 0.4) is 0 Å². The number of benzene rings is 1. The summed E-state index contributed by atoms with van der Waals surface area (Å²) >= 11 is 0. The van der Waals surface area contributed by atoms with E-state index in [1.54, 1.807) is 32.2 Å². The molecule has 0 fully saturated rings. The third-order valence-corrected chi connectivity index (χ3v) is 3.95. The molecular weight excluding hydrogens is 308 g/mol. The summed E-state index contributed by atoms with van der Waals surface area (Å²) in [6.07, 6.45) is 0. The Bertz CT molecular complexity index is 836. The van der Waals surface area contributed by atoms with Gasteiger partial charge >= 0.3 is 0 Å². The lowest BCUT2D eigenvalue weighted by molar-refractivity contribution is 0.0962. The molecule has 1 aliphatic heterocycles. The molecule has 0 radical (unpaired) electrons. The molecule has 2 aromatic rings. The van der Waals surface area contributed by atoms with Gasteiger partial charge in [-0.15, -0.1) is 0 Å². The number of nitrogens with zero attached hydrogens (tertiary/aromatic N) is 4. The van der Waals surface area contributed by atoms with Gasteiger partial charge in [-0.1, -0.05) is 0 Å². The molecule has 0 aliphatic carbocycles. The molecule has 24 heavy (non-hydrogen) atoms. The van der Waals surface area contributed by atoms with Gasteiger partial charge in [0.2, 0.25) is 0 Å². The Morgan fingerprint density at radius 2 is 2.21 bits per heavy atom. The standard InChI is InChI=1S/C16H18N6O2/c1-10-12(9-17)15(22(3)20-10)18-19-16(23)11-4-5-14-13(8-11)21(2)6-7-24-14/h4-5,8,18H,6-7H2,1-3H3,(H,19,23). The molecule has 8 heteroatoms. The van der Waals surface area contributed by atoms with E-state index in [4.69, 9.17) is 4.74 Å². The molecule has 3 rings (SSSR count). The minimum atomic E-state index is -0.306. The first-order chi connectivity index (χ1) is 11.5. The van der Waals surface area contributed by atoms with Crippen molar-refractivity contribution in [3.8, 4) is 11.8 Å². The van der Waals surface area contributed by atoms with Gasteiger partial charge in [-0.25, -0.2) is 0 Å². The van der Waals surface area contributed by atoms with Gasteiger partial charge < -0.3 is 9.64 Å². The zero-order valence-corrected chi connectivity index (χ0v) is 13.8. The average molecular weight is 326 g/mol. The molecule has 0 spiro atoms. The van der Waals surface area contributed by atoms with Crippen molar-refractivity contribution in [2.45, 2.75) is 6.92 Å². The molecular formula is C16H18N6O2. The molecule has 1 aromatic heterocycles. The van der Waals surface area contributed by atoms with Crippen LogP contribution >= 0.6 is 0 Å². The van der Waals surface area contributed by atoms with Gasteiger partial charge in [-0.3, -0.25) is 20.3 Å². The molecule has 1 aromatic carbocycles. The molecule has 0 saturated heterocycles. The van der Waals surface area contributed by atoms with Crippen molar-refractivity contribution in [2.75, 3.05) is 30.5 Å². The highest BCUT2D eigenvalue weighted by Gasteiger charge is 2.18. The highest BCUT2D eigenvalue weighted by Crippen LogP contribution is 2.31. The van der Waals surface area contributed by atoms with Crippen LogP contribution in [0.4, 0.5) is 11.5 Å². The summed E-state index contributed by atoms with van der Waals surface area (Å²) in [6.45, 7) is 3.15. The van der Waals surface area contributed by atoms with E-state index < -0.39 is 0 Å². The number of hydrogen-bond acceptors (Lipinski definition) is 6. The number of nitriles is 1. The second-order valence-corrected chi connectivity index (χ2v) is 5.58. The van der Waals surface area contributed by atoms with E-state index in [2.05, 4.69) is 22.0 Å². The van der Waals surface area contributed by atoms with Crippen LogP contribution in [0.1, 0.15) is 21.6 Å². The van der Waals surface area contributed by atoms with E-state index in [1.807, 2.05) is 11.9 Å². The van der Waals surface area contributed by atoms with Crippen molar-refractivity contribution in [2.24, 2.45) is 7.05 Å². The number of likely N-dealkylation sites (N-methyl/N-ethyl adjacent to an activating group) is 1. The van der Waals surface area contributed by atoms with Crippen molar-refractivity contribution in [1.82, 2.24) is 15.2 Å². The number of hydrazine groups is 1. The highest BCUT2D eigenvalue weighted by molar-refractivity contribution is 5.96. The number of amides is 1. The van der Waals surface area contributed by atoms with Crippen LogP contribution in [0.5, 0.6) is 5.75 Å². The number of carbonyl (C=O) groups is 1. The topological polar surface area (TPSA) is 95.2 Å². The van der Waals surface area contributed by atoms with Crippen LogP contribution in [0, 0.1) is 18.3 Å². The first kappa shape index (κ1) is 15.7. The molecule has 1 aliphatic rings. The third kappa shape index (κ3) is 2.72. The Balaban J connectivity index is 1.77. The third-order valence-electron chi connectivity index (χ3n) is 3.95. The average Bonchev–Trinajstić information content (AvgIpc) is 2.85. The quantitative estimate of drug-likeness (QED) is 0.823. The van der Waals surface area contributed by atoms with E-state index in [1.165, 1.54) is 4.68 Å². The van der Waals surface area contributed by atoms with Crippen LogP contribution in [-0.2, 0) is 7.05 Å². The van der Waals surface area contributed by atoms with Crippen molar-refractivity contribution in [1.29, 1.82) is 5.26 Å². The first-order valence-electron chi connectivity index (χ1n) is 7.49. The lowest BCUT2D eigenvalue weighted by Gasteiger charge is -2.27. The van der Waals surface area contributed by atoms with Crippen molar-refractivity contribution in [3.05, 3.63) is 35.0 Å². The minimum Gasteiger partial charge on any atom is -0.490 e. The maximum absolute atomic E-state index is 12.4. The number of ether oxygens (including phenoxy) is 1. The van der Waals surface area contributed by atoms with E-state index in [0.717, 1.165) is 18.0 Å². The summed E-state index contributed by atoms with van der Waals surface area (Å²) in [6, 6.07) is 7.35. The Kier molecular flexibility index (Phi) is 4.00. The molecule has 2 heterocycles. The fourth-order valence-corrected chi connectivity index (χ4v) is 2.62. The van der Waals surface area contributed by atoms with Gasteiger partial charge in [-0.2, -0.15) is 10.4 Å². The van der Waals surface area contributed by atoms with E-state index in [9.17, 15) is 10.1 Å². The number of aromatic nitrogens is 2. The van der Waals surface area contributed by atoms with Gasteiger partial charge in [0.05, 0.1) is 17.9 Å². The number of fused-ring (bicyclic) bond motifs is 1. The number of hydrogen-bond donors (Lipinski definition) is 2. The van der Waals surface area contributed by atoms with Gasteiger partial charge in [-0.05, 0) is 25.1 Å². The normalized spacial score (nSPS) is 12.8. The van der Waals surface area contributed by atoms with Gasteiger partial charge in [0, 0.05) is 19.7 Å². The lowest BCUT2D eigenvalue weighted by atomic mass is 10.1. The Labute approximate surface area is 139 Å². The highest BCUT2D eigenvalue weighted by atomic mass is 16.5. The molecule has 0 bridgehead atoms. The van der Waals surface area contributed by atoms with Crippen molar-refractivity contribution in [3.63, 3.8) is 0 Å². The maximum atomic E-state index is 12.4. The smallest absolute Gasteiger partial charge is 0.269 e. The van der Waals surface area contributed by atoms with E-state index in [0.29, 0.717) is 29.2 Å². The van der Waals surface area contributed by atoms with Crippen LogP contribution in [-0.4, -0.2) is 35.9 Å². The maximum Gasteiger partial charge on any atom is 0.269 e. The molecule has 0 atom stereocenters. The first-order valence-corrected chi connectivity index (χ1v) is 7.49. The Morgan fingerprint density at radius 1 is 1.42 bits per heavy atom. The number of aryl methyl sites for hydroxylation is 2. The van der Waals surface area contributed by atoms with Crippen molar-refractivity contribution < 1.29 is 9.53 Å². The molecule has 2 N–H and O–H groups in total. The summed E-state index contributed by atoms with van der Waals surface area (Å²) in [5.41, 5.74) is 7.76. The monoisotopic (exact) mass is 326 g/mol. The van der Waals surface area contributed by atoms with Gasteiger partial charge in [0.25, 0.3) is 5.91 Å². The molecule has 8 nitrogen and oxygen atoms in total. The van der Waals surface area contributed by atoms with Crippen LogP contribution in [0.25, 0.3) is 0 Å².